The molecule has 86 valence electrons. The number of pyridine rings is 1. The Kier molecular flexibility index (Phi) is 1.79. The zero-order valence-corrected chi connectivity index (χ0v) is 10.2. The minimum Gasteiger partial charge on any atom is -0.398 e. The maximum absolute atomic E-state index is 6.33. The lowest BCUT2D eigenvalue weighted by molar-refractivity contribution is 0.702. The standard InChI is InChI=1S/C14H13ClN2/c15-10-3-1-2-9-12(16)11-7-4-5-8(6-7)13(11)17-14(9)10/h1-3,7-8H,4-6H2,(H2,16,17). The SMILES string of the molecule is Nc1c2c(nc3c(Cl)cccc13)C1CCC2C1. The lowest BCUT2D eigenvalue weighted by Crippen LogP contribution is -2.06. The number of aromatic nitrogens is 1. The molecular weight excluding hydrogens is 232 g/mol. The largest absolute Gasteiger partial charge is 0.398 e. The summed E-state index contributed by atoms with van der Waals surface area (Å²) in [5, 5.41) is 1.73. The highest BCUT2D eigenvalue weighted by Crippen LogP contribution is 2.55. The molecule has 2 aromatic rings. The summed E-state index contributed by atoms with van der Waals surface area (Å²) in [5.74, 6) is 1.27. The summed E-state index contributed by atoms with van der Waals surface area (Å²) in [4.78, 5) is 4.79. The lowest BCUT2D eigenvalue weighted by Gasteiger charge is -2.18. The minimum absolute atomic E-state index is 0.623. The van der Waals surface area contributed by atoms with E-state index in [0.29, 0.717) is 16.9 Å². The lowest BCUT2D eigenvalue weighted by atomic mass is 9.93. The monoisotopic (exact) mass is 244 g/mol. The minimum atomic E-state index is 0.623. The number of nitrogen functional groups attached to an aromatic ring is 1. The predicted octanol–water partition coefficient (Wildman–Crippen LogP) is 3.84. The number of fused-ring (bicyclic) bond motifs is 6. The van der Waals surface area contributed by atoms with Crippen molar-refractivity contribution in [3.05, 3.63) is 34.5 Å². The van der Waals surface area contributed by atoms with Crippen LogP contribution in [-0.2, 0) is 0 Å². The first-order valence-corrected chi connectivity index (χ1v) is 6.51. The van der Waals surface area contributed by atoms with Crippen molar-refractivity contribution in [2.24, 2.45) is 0 Å². The van der Waals surface area contributed by atoms with Gasteiger partial charge in [0, 0.05) is 28.2 Å². The molecule has 1 aromatic carbocycles. The molecule has 0 radical (unpaired) electrons. The van der Waals surface area contributed by atoms with Crippen LogP contribution >= 0.6 is 11.6 Å². The molecule has 1 aromatic heterocycles. The quantitative estimate of drug-likeness (QED) is 0.765. The average Bonchev–Trinajstić information content (AvgIpc) is 2.91. The number of hydrogen-bond donors (Lipinski definition) is 1. The van der Waals surface area contributed by atoms with E-state index in [1.165, 1.54) is 30.5 Å². The van der Waals surface area contributed by atoms with Crippen molar-refractivity contribution < 1.29 is 0 Å². The summed E-state index contributed by atoms with van der Waals surface area (Å²) in [5.41, 5.74) is 10.7. The van der Waals surface area contributed by atoms with Crippen LogP contribution in [-0.4, -0.2) is 4.98 Å². The zero-order chi connectivity index (χ0) is 11.6. The van der Waals surface area contributed by atoms with Gasteiger partial charge in [-0.25, -0.2) is 0 Å². The van der Waals surface area contributed by atoms with Crippen LogP contribution in [0.25, 0.3) is 10.9 Å². The summed E-state index contributed by atoms with van der Waals surface area (Å²) in [6.07, 6.45) is 3.77. The third kappa shape index (κ3) is 1.14. The van der Waals surface area contributed by atoms with Gasteiger partial charge in [-0.3, -0.25) is 4.98 Å². The van der Waals surface area contributed by atoms with Crippen molar-refractivity contribution in [3.63, 3.8) is 0 Å². The van der Waals surface area contributed by atoms with Crippen LogP contribution in [0, 0.1) is 0 Å². The van der Waals surface area contributed by atoms with Crippen molar-refractivity contribution in [1.29, 1.82) is 0 Å². The maximum Gasteiger partial charge on any atom is 0.0912 e. The summed E-state index contributed by atoms with van der Waals surface area (Å²) in [6, 6.07) is 5.86. The van der Waals surface area contributed by atoms with E-state index < -0.39 is 0 Å². The maximum atomic E-state index is 6.33. The first kappa shape index (κ1) is 9.72. The Morgan fingerprint density at radius 2 is 2.06 bits per heavy atom. The summed E-state index contributed by atoms with van der Waals surface area (Å²) in [7, 11) is 0. The van der Waals surface area contributed by atoms with Crippen LogP contribution in [0.5, 0.6) is 0 Å². The van der Waals surface area contributed by atoms with Gasteiger partial charge >= 0.3 is 0 Å². The van der Waals surface area contributed by atoms with Crippen LogP contribution in [0.3, 0.4) is 0 Å². The summed E-state index contributed by atoms with van der Waals surface area (Å²) in [6.45, 7) is 0. The van der Waals surface area contributed by atoms with Crippen LogP contribution < -0.4 is 5.73 Å². The molecule has 4 rings (SSSR count). The van der Waals surface area contributed by atoms with Crippen molar-refractivity contribution in [3.8, 4) is 0 Å². The number of rotatable bonds is 0. The van der Waals surface area contributed by atoms with Crippen LogP contribution in [0.1, 0.15) is 42.4 Å². The molecular formula is C14H13ClN2. The summed E-state index contributed by atoms with van der Waals surface area (Å²) >= 11 is 6.21. The third-order valence-corrected chi connectivity index (χ3v) is 4.61. The van der Waals surface area contributed by atoms with Gasteiger partial charge in [0.25, 0.3) is 0 Å². The molecule has 2 nitrogen and oxygen atoms in total. The molecule has 2 bridgehead atoms. The Hall–Kier alpha value is -1.28. The van der Waals surface area contributed by atoms with Crippen LogP contribution in [0.4, 0.5) is 5.69 Å². The molecule has 2 atom stereocenters. The molecule has 2 aliphatic rings. The van der Waals surface area contributed by atoms with Crippen LogP contribution in [0.15, 0.2) is 18.2 Å². The van der Waals surface area contributed by atoms with Gasteiger partial charge in [-0.2, -0.15) is 0 Å². The normalized spacial score (nSPS) is 25.5. The van der Waals surface area contributed by atoms with Crippen molar-refractivity contribution in [1.82, 2.24) is 4.98 Å². The van der Waals surface area contributed by atoms with Crippen molar-refractivity contribution in [2.75, 3.05) is 5.73 Å². The Morgan fingerprint density at radius 3 is 2.94 bits per heavy atom. The molecule has 2 unspecified atom stereocenters. The molecule has 3 heteroatoms. The Balaban J connectivity index is 2.14. The van der Waals surface area contributed by atoms with Gasteiger partial charge in [-0.1, -0.05) is 23.7 Å². The Labute approximate surface area is 105 Å². The number of hydrogen-bond acceptors (Lipinski definition) is 2. The second kappa shape index (κ2) is 3.14. The topological polar surface area (TPSA) is 38.9 Å². The molecule has 2 aliphatic carbocycles. The first-order valence-electron chi connectivity index (χ1n) is 6.13. The third-order valence-electron chi connectivity index (χ3n) is 4.30. The number of nitrogens with two attached hydrogens (primary N) is 1. The highest BCUT2D eigenvalue weighted by atomic mass is 35.5. The van der Waals surface area contributed by atoms with Gasteiger partial charge in [0.05, 0.1) is 10.5 Å². The van der Waals surface area contributed by atoms with E-state index in [4.69, 9.17) is 22.3 Å². The number of nitrogens with zero attached hydrogens (tertiary/aromatic N) is 1. The second-order valence-electron chi connectivity index (χ2n) is 5.17. The molecule has 0 spiro atoms. The number of benzene rings is 1. The van der Waals surface area contributed by atoms with E-state index in [0.717, 1.165) is 16.6 Å². The van der Waals surface area contributed by atoms with Gasteiger partial charge < -0.3 is 5.73 Å². The number of anilines is 1. The number of para-hydroxylation sites is 1. The predicted molar refractivity (Wildman–Crippen MR) is 70.5 cm³/mol. The smallest absolute Gasteiger partial charge is 0.0912 e. The van der Waals surface area contributed by atoms with Gasteiger partial charge in [-0.05, 0) is 31.2 Å². The van der Waals surface area contributed by atoms with Crippen molar-refractivity contribution in [2.45, 2.75) is 31.1 Å². The molecule has 1 saturated carbocycles. The molecule has 0 aliphatic heterocycles. The highest BCUT2D eigenvalue weighted by Gasteiger charge is 2.40. The van der Waals surface area contributed by atoms with E-state index in [1.807, 2.05) is 18.2 Å². The fourth-order valence-electron chi connectivity index (χ4n) is 3.54. The van der Waals surface area contributed by atoms with Crippen molar-refractivity contribution >= 4 is 28.2 Å². The molecule has 2 N–H and O–H groups in total. The van der Waals surface area contributed by atoms with Gasteiger partial charge in [0.2, 0.25) is 0 Å². The first-order chi connectivity index (χ1) is 8.25. The van der Waals surface area contributed by atoms with Gasteiger partial charge in [0.15, 0.2) is 0 Å². The second-order valence-corrected chi connectivity index (χ2v) is 5.57. The van der Waals surface area contributed by atoms with Crippen LogP contribution in [0.2, 0.25) is 5.02 Å². The average molecular weight is 245 g/mol. The van der Waals surface area contributed by atoms with Gasteiger partial charge in [0.1, 0.15) is 0 Å². The van der Waals surface area contributed by atoms with Gasteiger partial charge in [-0.15, -0.1) is 0 Å². The van der Waals surface area contributed by atoms with E-state index >= 15 is 0 Å². The molecule has 0 amide bonds. The fourth-order valence-corrected chi connectivity index (χ4v) is 3.76. The van der Waals surface area contributed by atoms with E-state index in [-0.39, 0.29) is 0 Å². The molecule has 1 fully saturated rings. The molecule has 0 saturated heterocycles. The Bertz CT molecular complexity index is 636. The zero-order valence-electron chi connectivity index (χ0n) is 9.41. The number of halogens is 1. The van der Waals surface area contributed by atoms with E-state index in [9.17, 15) is 0 Å². The highest BCUT2D eigenvalue weighted by molar-refractivity contribution is 6.35. The van der Waals surface area contributed by atoms with E-state index in [2.05, 4.69) is 0 Å². The van der Waals surface area contributed by atoms with E-state index in [1.54, 1.807) is 0 Å². The molecule has 17 heavy (non-hydrogen) atoms. The Morgan fingerprint density at radius 1 is 1.24 bits per heavy atom. The fraction of sp³-hybridized carbons (Fsp3) is 0.357. The summed E-state index contributed by atoms with van der Waals surface area (Å²) < 4.78 is 0. The molecule has 1 heterocycles.